The minimum absolute atomic E-state index is 0.0470. The molecule has 16 heteroatoms. The van der Waals surface area contributed by atoms with Crippen molar-refractivity contribution in [1.82, 2.24) is 14.9 Å². The maximum Gasteiger partial charge on any atom is 0.437 e. The van der Waals surface area contributed by atoms with Crippen LogP contribution in [-0.4, -0.2) is 79.3 Å². The molecule has 3 amide bonds. The molecule has 0 radical (unpaired) electrons. The van der Waals surface area contributed by atoms with Gasteiger partial charge in [-0.1, -0.05) is 23.8 Å². The molecule has 2 rings (SSSR count). The standard InChI is InChI=1S/C35H51N5O9S2/c1-21-18-22(2)27(23(3)19-21)51(45,46)39-25(29(42)47-33(4,5)6)20-37-28(41)26-16-15-24(50-26)14-13-17-40(32(44)49-35(10,11)12)30(36)38-31(43)48-34(7,8)9/h13-16,18-19,25,39H,17,20H2,1-12H3,(H,37,41)(H2,36,38,43)/t25-/m0/s1. The molecule has 1 atom stereocenters. The van der Waals surface area contributed by atoms with Crippen molar-refractivity contribution in [1.29, 1.82) is 0 Å². The molecule has 0 aliphatic rings. The summed E-state index contributed by atoms with van der Waals surface area (Å²) < 4.78 is 45.4. The summed E-state index contributed by atoms with van der Waals surface area (Å²) in [6.07, 6.45) is 1.38. The second kappa shape index (κ2) is 16.8. The van der Waals surface area contributed by atoms with Gasteiger partial charge in [0, 0.05) is 11.4 Å². The number of carbonyl (C=O) groups excluding carboxylic acids is 4. The summed E-state index contributed by atoms with van der Waals surface area (Å²) in [5.74, 6) is -1.84. The average molecular weight is 750 g/mol. The number of benzene rings is 1. The molecule has 0 aliphatic carbocycles. The largest absolute Gasteiger partial charge is 0.459 e. The highest BCUT2D eigenvalue weighted by Gasteiger charge is 2.32. The number of carbonyl (C=O) groups is 4. The predicted molar refractivity (Wildman–Crippen MR) is 197 cm³/mol. The number of sulfonamides is 1. The van der Waals surface area contributed by atoms with E-state index in [1.54, 1.807) is 113 Å². The minimum Gasteiger partial charge on any atom is -0.459 e. The Kier molecular flexibility index (Phi) is 14.1. The van der Waals surface area contributed by atoms with E-state index in [1.807, 2.05) is 6.92 Å². The first-order chi connectivity index (χ1) is 23.2. The van der Waals surface area contributed by atoms with Gasteiger partial charge in [0.15, 0.2) is 0 Å². The molecule has 51 heavy (non-hydrogen) atoms. The third-order valence-electron chi connectivity index (χ3n) is 6.24. The van der Waals surface area contributed by atoms with Gasteiger partial charge in [-0.15, -0.1) is 16.3 Å². The molecule has 0 bridgehead atoms. The number of nitrogens with zero attached hydrogens (tertiary/aromatic N) is 2. The van der Waals surface area contributed by atoms with Gasteiger partial charge in [0.05, 0.1) is 16.3 Å². The van der Waals surface area contributed by atoms with Crippen molar-refractivity contribution in [3.8, 4) is 0 Å². The lowest BCUT2D eigenvalue weighted by molar-refractivity contribution is -0.156. The number of nitrogens with two attached hydrogens (primary N) is 1. The number of amides is 3. The summed E-state index contributed by atoms with van der Waals surface area (Å²) in [5, 5.41) is 2.63. The van der Waals surface area contributed by atoms with Gasteiger partial charge in [0.25, 0.3) is 5.91 Å². The Labute approximate surface area is 304 Å². The van der Waals surface area contributed by atoms with E-state index in [2.05, 4.69) is 15.0 Å². The van der Waals surface area contributed by atoms with E-state index in [4.69, 9.17) is 19.9 Å². The monoisotopic (exact) mass is 749 g/mol. The van der Waals surface area contributed by atoms with Crippen molar-refractivity contribution >= 4 is 57.5 Å². The van der Waals surface area contributed by atoms with Crippen molar-refractivity contribution in [3.05, 3.63) is 56.8 Å². The summed E-state index contributed by atoms with van der Waals surface area (Å²) in [5.41, 5.74) is 5.31. The Hall–Kier alpha value is -4.28. The molecule has 0 saturated carbocycles. The highest BCUT2D eigenvalue weighted by Crippen LogP contribution is 2.23. The Morgan fingerprint density at radius 1 is 0.902 bits per heavy atom. The van der Waals surface area contributed by atoms with E-state index >= 15 is 0 Å². The highest BCUT2D eigenvalue weighted by atomic mass is 32.2. The van der Waals surface area contributed by atoms with Crippen LogP contribution in [0.5, 0.6) is 0 Å². The Bertz CT molecular complexity index is 1750. The lowest BCUT2D eigenvalue weighted by Crippen LogP contribution is -2.50. The zero-order valence-corrected chi connectivity index (χ0v) is 33.1. The van der Waals surface area contributed by atoms with E-state index < -0.39 is 62.9 Å². The van der Waals surface area contributed by atoms with Gasteiger partial charge in [0.1, 0.15) is 22.8 Å². The van der Waals surface area contributed by atoms with Gasteiger partial charge >= 0.3 is 18.2 Å². The Morgan fingerprint density at radius 3 is 1.98 bits per heavy atom. The second-order valence-electron chi connectivity index (χ2n) is 14.8. The maximum absolute atomic E-state index is 13.5. The van der Waals surface area contributed by atoms with Crippen molar-refractivity contribution in [2.75, 3.05) is 13.1 Å². The number of hydrogen-bond donors (Lipinski definition) is 3. The van der Waals surface area contributed by atoms with E-state index in [9.17, 15) is 27.6 Å². The number of esters is 1. The summed E-state index contributed by atoms with van der Waals surface area (Å²) in [7, 11) is -4.19. The molecule has 0 unspecified atom stereocenters. The van der Waals surface area contributed by atoms with Crippen molar-refractivity contribution in [2.24, 2.45) is 10.7 Å². The fourth-order valence-electron chi connectivity index (χ4n) is 4.52. The number of ether oxygens (including phenoxy) is 3. The van der Waals surface area contributed by atoms with Crippen LogP contribution < -0.4 is 15.8 Å². The van der Waals surface area contributed by atoms with Crippen LogP contribution >= 0.6 is 11.3 Å². The van der Waals surface area contributed by atoms with Gasteiger partial charge in [-0.25, -0.2) is 22.9 Å². The number of hydrogen-bond acceptors (Lipinski definition) is 10. The van der Waals surface area contributed by atoms with Crippen LogP contribution in [0.4, 0.5) is 9.59 Å². The summed E-state index contributed by atoms with van der Waals surface area (Å²) in [4.78, 5) is 57.0. The van der Waals surface area contributed by atoms with E-state index in [0.717, 1.165) is 21.8 Å². The molecule has 14 nitrogen and oxygen atoms in total. The number of rotatable bonds is 10. The summed E-state index contributed by atoms with van der Waals surface area (Å²) in [6, 6.07) is 5.24. The van der Waals surface area contributed by atoms with Crippen molar-refractivity contribution in [3.63, 3.8) is 0 Å². The molecule has 4 N–H and O–H groups in total. The van der Waals surface area contributed by atoms with Gasteiger partial charge in [-0.05, 0) is 112 Å². The first-order valence-corrected chi connectivity index (χ1v) is 18.4. The number of aryl methyl sites for hydroxylation is 3. The SMILES string of the molecule is Cc1cc(C)c(S(=O)(=O)N[C@@H](CNC(=O)c2ccc(C=CCN(C(=O)OC(C)(C)C)/C(N)=N/C(=O)OC(C)(C)C)s2)C(=O)OC(C)(C)C)c(C)c1. The molecule has 2 aromatic rings. The van der Waals surface area contributed by atoms with Crippen molar-refractivity contribution in [2.45, 2.75) is 111 Å². The normalized spacial score (nSPS) is 13.5. The molecule has 0 saturated heterocycles. The molecule has 1 heterocycles. The summed E-state index contributed by atoms with van der Waals surface area (Å²) >= 11 is 1.10. The number of aliphatic imine (C=N–C) groups is 1. The molecular formula is C35H51N5O9S2. The zero-order chi connectivity index (χ0) is 39.1. The number of guanidine groups is 1. The molecule has 1 aromatic heterocycles. The van der Waals surface area contributed by atoms with Crippen LogP contribution in [0.3, 0.4) is 0 Å². The third-order valence-corrected chi connectivity index (χ3v) is 9.06. The van der Waals surface area contributed by atoms with Crippen LogP contribution in [0, 0.1) is 20.8 Å². The molecule has 1 aromatic carbocycles. The predicted octanol–water partition coefficient (Wildman–Crippen LogP) is 5.59. The average Bonchev–Trinajstić information content (AvgIpc) is 3.38. The van der Waals surface area contributed by atoms with E-state index in [0.29, 0.717) is 16.0 Å². The van der Waals surface area contributed by atoms with Gasteiger partial charge in [0.2, 0.25) is 16.0 Å². The minimum atomic E-state index is -4.19. The maximum atomic E-state index is 13.5. The van der Waals surface area contributed by atoms with Crippen LogP contribution in [0.25, 0.3) is 6.08 Å². The highest BCUT2D eigenvalue weighted by molar-refractivity contribution is 7.89. The van der Waals surface area contributed by atoms with Gasteiger partial charge < -0.3 is 25.3 Å². The summed E-state index contributed by atoms with van der Waals surface area (Å²) in [6.45, 7) is 19.6. The fourth-order valence-corrected chi connectivity index (χ4v) is 7.01. The lowest BCUT2D eigenvalue weighted by atomic mass is 10.1. The Morgan fingerprint density at radius 2 is 1.45 bits per heavy atom. The van der Waals surface area contributed by atoms with Crippen LogP contribution in [0.15, 0.2) is 40.2 Å². The topological polar surface area (TPSA) is 196 Å². The number of nitrogens with one attached hydrogen (secondary N) is 2. The quantitative estimate of drug-likeness (QED) is 0.119. The molecular weight excluding hydrogens is 699 g/mol. The molecule has 282 valence electrons. The molecule has 0 fully saturated rings. The smallest absolute Gasteiger partial charge is 0.437 e. The van der Waals surface area contributed by atoms with Crippen LogP contribution in [-0.2, 0) is 29.0 Å². The van der Waals surface area contributed by atoms with Crippen LogP contribution in [0.2, 0.25) is 0 Å². The third kappa shape index (κ3) is 14.5. The molecule has 0 aliphatic heterocycles. The lowest BCUT2D eigenvalue weighted by Gasteiger charge is -2.26. The second-order valence-corrected chi connectivity index (χ2v) is 17.6. The molecule has 0 spiro atoms. The first kappa shape index (κ1) is 42.9. The van der Waals surface area contributed by atoms with Gasteiger partial charge in [-0.2, -0.15) is 4.72 Å². The fraction of sp³-hybridized carbons (Fsp3) is 0.514. The van der Waals surface area contributed by atoms with Gasteiger partial charge in [-0.3, -0.25) is 9.59 Å². The first-order valence-electron chi connectivity index (χ1n) is 16.1. The van der Waals surface area contributed by atoms with Crippen LogP contribution in [0.1, 0.15) is 93.6 Å². The van der Waals surface area contributed by atoms with E-state index in [1.165, 1.54) is 0 Å². The number of thiophene rings is 1. The Balaban J connectivity index is 2.24. The van der Waals surface area contributed by atoms with E-state index in [-0.39, 0.29) is 22.9 Å². The van der Waals surface area contributed by atoms with Crippen molar-refractivity contribution < 1.29 is 41.8 Å². The zero-order valence-electron chi connectivity index (χ0n) is 31.4.